The first-order valence-electron chi connectivity index (χ1n) is 11.9. The monoisotopic (exact) mass is 560 g/mol. The minimum atomic E-state index is -2.41. The zero-order valence-corrected chi connectivity index (χ0v) is 21.8. The van der Waals surface area contributed by atoms with Crippen molar-refractivity contribution in [2.75, 3.05) is 0 Å². The fourth-order valence-corrected chi connectivity index (χ4v) is 3.36. The molecule has 0 aliphatic carbocycles. The van der Waals surface area contributed by atoms with Crippen LogP contribution in [0.15, 0.2) is 79.1 Å². The van der Waals surface area contributed by atoms with E-state index in [1.165, 1.54) is 18.3 Å². The molecule has 0 saturated carbocycles. The molecule has 4 rings (SSSR count). The molecule has 0 spiro atoms. The van der Waals surface area contributed by atoms with E-state index in [-0.39, 0.29) is 16.7 Å². The van der Waals surface area contributed by atoms with Crippen molar-refractivity contribution in [1.82, 2.24) is 9.97 Å². The molecule has 0 amide bonds. The quantitative estimate of drug-likeness (QED) is 0.231. The lowest BCUT2D eigenvalue weighted by molar-refractivity contribution is -0.166. The summed E-state index contributed by atoms with van der Waals surface area (Å²) >= 11 is 0. The third-order valence-electron chi connectivity index (χ3n) is 5.60. The summed E-state index contributed by atoms with van der Waals surface area (Å²) < 4.78 is 8.96. The van der Waals surface area contributed by atoms with E-state index in [0.717, 1.165) is 5.39 Å². The van der Waals surface area contributed by atoms with Crippen LogP contribution in [0.3, 0.4) is 0 Å². The topological polar surface area (TPSA) is 190 Å². The molecule has 0 aliphatic rings. The van der Waals surface area contributed by atoms with Gasteiger partial charge in [-0.3, -0.25) is 0 Å². The van der Waals surface area contributed by atoms with Gasteiger partial charge in [0.25, 0.3) is 0 Å². The Bertz CT molecular complexity index is 1540. The SMILES string of the molecule is Cc1ccccc1C(=O)OC(=O)C(O)C(O)C(=O)OC(=O)c1ccccc1C.O=C(O)c1cnc2ncccc2c1. The number of aromatic nitrogens is 2. The van der Waals surface area contributed by atoms with E-state index in [1.807, 2.05) is 0 Å². The van der Waals surface area contributed by atoms with E-state index in [9.17, 15) is 34.2 Å². The number of hydrogen-bond donors (Lipinski definition) is 3. The fraction of sp³-hybridized carbons (Fsp3) is 0.138. The number of aromatic carboxylic acids is 1. The number of carboxylic acid groups (broad SMARTS) is 1. The second-order valence-corrected chi connectivity index (χ2v) is 8.52. The van der Waals surface area contributed by atoms with Crippen LogP contribution in [0.25, 0.3) is 11.0 Å². The number of pyridine rings is 2. The van der Waals surface area contributed by atoms with E-state index in [0.29, 0.717) is 16.8 Å². The Morgan fingerprint density at radius 1 is 0.707 bits per heavy atom. The van der Waals surface area contributed by atoms with Crippen LogP contribution in [0.2, 0.25) is 0 Å². The van der Waals surface area contributed by atoms with Gasteiger partial charge in [0, 0.05) is 17.8 Å². The Hall–Kier alpha value is -5.33. The highest BCUT2D eigenvalue weighted by Crippen LogP contribution is 2.13. The Labute approximate surface area is 232 Å². The summed E-state index contributed by atoms with van der Waals surface area (Å²) in [7, 11) is 0. The van der Waals surface area contributed by atoms with Crippen molar-refractivity contribution >= 4 is 40.9 Å². The molecule has 2 aromatic carbocycles. The van der Waals surface area contributed by atoms with Crippen molar-refractivity contribution in [3.05, 3.63) is 107 Å². The third-order valence-corrected chi connectivity index (χ3v) is 5.60. The second-order valence-electron chi connectivity index (χ2n) is 8.52. The van der Waals surface area contributed by atoms with Gasteiger partial charge in [-0.15, -0.1) is 0 Å². The van der Waals surface area contributed by atoms with Gasteiger partial charge in [0.05, 0.1) is 16.7 Å². The number of ether oxygens (including phenoxy) is 2. The molecule has 12 nitrogen and oxygen atoms in total. The number of carboxylic acids is 1. The van der Waals surface area contributed by atoms with Crippen LogP contribution in [0.1, 0.15) is 42.2 Å². The normalized spacial score (nSPS) is 11.8. The molecule has 0 radical (unpaired) electrons. The molecule has 12 heteroatoms. The van der Waals surface area contributed by atoms with Crippen molar-refractivity contribution in [1.29, 1.82) is 0 Å². The van der Waals surface area contributed by atoms with E-state index in [2.05, 4.69) is 19.4 Å². The lowest BCUT2D eigenvalue weighted by Gasteiger charge is -2.15. The number of aryl methyl sites for hydroxylation is 2. The van der Waals surface area contributed by atoms with Crippen molar-refractivity contribution in [2.45, 2.75) is 26.1 Å². The molecule has 2 aromatic heterocycles. The van der Waals surface area contributed by atoms with Gasteiger partial charge >= 0.3 is 29.8 Å². The fourth-order valence-electron chi connectivity index (χ4n) is 3.36. The summed E-state index contributed by atoms with van der Waals surface area (Å²) in [5, 5.41) is 29.0. The number of nitrogens with zero attached hydrogens (tertiary/aromatic N) is 2. The molecule has 0 aliphatic heterocycles. The van der Waals surface area contributed by atoms with Crippen molar-refractivity contribution < 1.29 is 48.8 Å². The standard InChI is InChI=1S/C20H18O8.C9H6N2O2/c1-11-7-3-5-9-13(11)17(23)27-19(25)15(21)16(22)20(26)28-18(24)14-10-6-4-8-12(14)2;12-9(13)7-4-6-2-1-3-10-8(6)11-5-7/h3-10,15-16,21-22H,1-2H3;1-5H,(H,12,13). The highest BCUT2D eigenvalue weighted by molar-refractivity contribution is 6.02. The van der Waals surface area contributed by atoms with E-state index >= 15 is 0 Å². The first-order chi connectivity index (χ1) is 19.5. The largest absolute Gasteiger partial charge is 0.478 e. The number of aliphatic hydroxyl groups is 2. The predicted molar refractivity (Wildman–Crippen MR) is 142 cm³/mol. The summed E-state index contributed by atoms with van der Waals surface area (Å²) in [6, 6.07) is 17.6. The summed E-state index contributed by atoms with van der Waals surface area (Å²) in [6.45, 7) is 3.22. The van der Waals surface area contributed by atoms with Crippen molar-refractivity contribution in [3.63, 3.8) is 0 Å². The molecular weight excluding hydrogens is 536 g/mol. The predicted octanol–water partition coefficient (Wildman–Crippen LogP) is 2.42. The van der Waals surface area contributed by atoms with Gasteiger partial charge < -0.3 is 24.8 Å². The molecule has 0 saturated heterocycles. The molecule has 0 fully saturated rings. The molecule has 2 atom stereocenters. The highest BCUT2D eigenvalue weighted by atomic mass is 16.6. The van der Waals surface area contributed by atoms with Crippen LogP contribution >= 0.6 is 0 Å². The van der Waals surface area contributed by atoms with Crippen molar-refractivity contribution in [3.8, 4) is 0 Å². The maximum absolute atomic E-state index is 12.0. The van der Waals surface area contributed by atoms with E-state index < -0.39 is 42.1 Å². The smallest absolute Gasteiger partial charge is 0.346 e. The first kappa shape index (κ1) is 30.2. The number of hydrogen-bond acceptors (Lipinski definition) is 11. The zero-order chi connectivity index (χ0) is 30.1. The van der Waals surface area contributed by atoms with Crippen LogP contribution in [-0.4, -0.2) is 67.3 Å². The van der Waals surface area contributed by atoms with Crippen LogP contribution < -0.4 is 0 Å². The number of esters is 4. The van der Waals surface area contributed by atoms with E-state index in [4.69, 9.17) is 5.11 Å². The van der Waals surface area contributed by atoms with Gasteiger partial charge in [0.15, 0.2) is 17.9 Å². The van der Waals surface area contributed by atoms with Crippen LogP contribution in [-0.2, 0) is 19.1 Å². The minimum absolute atomic E-state index is 0.0786. The molecule has 41 heavy (non-hydrogen) atoms. The van der Waals surface area contributed by atoms with Crippen LogP contribution in [0.5, 0.6) is 0 Å². The maximum atomic E-state index is 12.0. The molecule has 2 unspecified atom stereocenters. The number of aliphatic hydroxyl groups excluding tert-OH is 2. The van der Waals surface area contributed by atoms with Gasteiger partial charge in [0.1, 0.15) is 0 Å². The Morgan fingerprint density at radius 3 is 1.66 bits per heavy atom. The molecule has 0 bridgehead atoms. The zero-order valence-electron chi connectivity index (χ0n) is 21.8. The van der Waals surface area contributed by atoms with Gasteiger partial charge in [-0.05, 0) is 55.3 Å². The lowest BCUT2D eigenvalue weighted by Crippen LogP contribution is -2.43. The Morgan fingerprint density at radius 2 is 1.20 bits per heavy atom. The summed E-state index contributed by atoms with van der Waals surface area (Å²) in [6.07, 6.45) is -1.90. The third kappa shape index (κ3) is 7.85. The van der Waals surface area contributed by atoms with E-state index in [1.54, 1.807) is 74.6 Å². The van der Waals surface area contributed by atoms with Gasteiger partial charge in [-0.25, -0.2) is 33.9 Å². The number of carbonyl (C=O) groups is 5. The Kier molecular flexibility index (Phi) is 10.1. The van der Waals surface area contributed by atoms with Crippen LogP contribution in [0, 0.1) is 13.8 Å². The minimum Gasteiger partial charge on any atom is -0.478 e. The number of carbonyl (C=O) groups excluding carboxylic acids is 4. The highest BCUT2D eigenvalue weighted by Gasteiger charge is 2.36. The molecular formula is C29H24N2O10. The molecule has 3 N–H and O–H groups in total. The summed E-state index contributed by atoms with van der Waals surface area (Å²) in [4.78, 5) is 66.1. The van der Waals surface area contributed by atoms with Gasteiger partial charge in [0.2, 0.25) is 0 Å². The average Bonchev–Trinajstić information content (AvgIpc) is 2.96. The number of rotatable bonds is 6. The second kappa shape index (κ2) is 13.6. The van der Waals surface area contributed by atoms with Gasteiger partial charge in [-0.2, -0.15) is 0 Å². The summed E-state index contributed by atoms with van der Waals surface area (Å²) in [5.41, 5.74) is 1.95. The average molecular weight is 561 g/mol. The Balaban J connectivity index is 0.000000294. The maximum Gasteiger partial charge on any atom is 0.346 e. The lowest BCUT2D eigenvalue weighted by atomic mass is 10.1. The molecule has 210 valence electrons. The molecule has 2 heterocycles. The molecule has 4 aromatic rings. The summed E-state index contributed by atoms with van der Waals surface area (Å²) in [5.74, 6) is -6.20. The first-order valence-corrected chi connectivity index (χ1v) is 11.9. The number of fused-ring (bicyclic) bond motifs is 1. The van der Waals surface area contributed by atoms with Gasteiger partial charge in [-0.1, -0.05) is 36.4 Å². The van der Waals surface area contributed by atoms with Crippen molar-refractivity contribution in [2.24, 2.45) is 0 Å². The van der Waals surface area contributed by atoms with Crippen LogP contribution in [0.4, 0.5) is 0 Å². The number of benzene rings is 2.